The summed E-state index contributed by atoms with van der Waals surface area (Å²) in [5.41, 5.74) is 2.78. The average Bonchev–Trinajstić information content (AvgIpc) is 1.77. The van der Waals surface area contributed by atoms with Crippen LogP contribution in [0.2, 0.25) is 0 Å². The van der Waals surface area contributed by atoms with E-state index in [0.29, 0.717) is 0 Å². The van der Waals surface area contributed by atoms with Gasteiger partial charge in [0.15, 0.2) is 0 Å². The fourth-order valence-electron chi connectivity index (χ4n) is 1.20. The normalized spacial score (nSPS) is 10.5. The minimum absolute atomic E-state index is 1.17. The van der Waals surface area contributed by atoms with Crippen molar-refractivity contribution in [2.45, 2.75) is 13.8 Å². The molecule has 0 unspecified atom stereocenters. The molecule has 0 aromatic heterocycles. The summed E-state index contributed by atoms with van der Waals surface area (Å²) in [6, 6.07) is 6.71. The molecule has 74 valence electrons. The van der Waals surface area contributed by atoms with Gasteiger partial charge in [-0.05, 0) is 0 Å². The zero-order valence-electron chi connectivity index (χ0n) is 8.43. The Kier molecular flexibility index (Phi) is 6.17. The summed E-state index contributed by atoms with van der Waals surface area (Å²) >= 11 is 1.17. The molecule has 0 atom stereocenters. The second-order valence-electron chi connectivity index (χ2n) is 3.18. The first kappa shape index (κ1) is 14.3. The van der Waals surface area contributed by atoms with Crippen LogP contribution in [-0.2, 0) is 4.57 Å². The molecule has 0 aliphatic rings. The number of phosphoric acid groups is 1. The summed E-state index contributed by atoms with van der Waals surface area (Å²) in [6.45, 7) is 4.29. The predicted molar refractivity (Wildman–Crippen MR) is 55.6 cm³/mol. The largest absolute Gasteiger partial charge is 0.466 e. The van der Waals surface area contributed by atoms with Gasteiger partial charge in [0.2, 0.25) is 0 Å². The molecule has 0 radical (unpaired) electrons. The van der Waals surface area contributed by atoms with Crippen molar-refractivity contribution in [2.24, 2.45) is 0 Å². The third-order valence-electron chi connectivity index (χ3n) is 1.37. The third-order valence-corrected chi connectivity index (χ3v) is 1.94. The molecule has 0 saturated heterocycles. The second-order valence-corrected chi connectivity index (χ2v) is 5.36. The van der Waals surface area contributed by atoms with Gasteiger partial charge >= 0.3 is 81.7 Å². The van der Waals surface area contributed by atoms with Crippen molar-refractivity contribution >= 4 is 38.6 Å². The van der Waals surface area contributed by atoms with E-state index in [4.69, 9.17) is 19.2 Å². The van der Waals surface area contributed by atoms with Crippen molar-refractivity contribution in [1.29, 1.82) is 0 Å². The Balaban J connectivity index is 0.000000292. The van der Waals surface area contributed by atoms with Gasteiger partial charge in [-0.1, -0.05) is 0 Å². The van der Waals surface area contributed by atoms with Crippen molar-refractivity contribution in [3.63, 3.8) is 0 Å². The molecule has 0 fully saturated rings. The molecular weight excluding hydrogens is 214 g/mol. The van der Waals surface area contributed by atoms with Crippen LogP contribution >= 0.6 is 7.82 Å². The van der Waals surface area contributed by atoms with Crippen molar-refractivity contribution in [3.05, 3.63) is 29.3 Å². The first-order valence-electron chi connectivity index (χ1n) is 4.01. The SMILES string of the molecule is Cc1cc(C)c[c]([Na])c1.O=P(O)(O)O. The van der Waals surface area contributed by atoms with Crippen LogP contribution in [0.15, 0.2) is 18.2 Å². The van der Waals surface area contributed by atoms with Crippen LogP contribution in [-0.4, -0.2) is 42.6 Å². The van der Waals surface area contributed by atoms with Gasteiger partial charge in [0.05, 0.1) is 0 Å². The zero-order chi connectivity index (χ0) is 11.4. The quantitative estimate of drug-likeness (QED) is 0.435. The van der Waals surface area contributed by atoms with Crippen molar-refractivity contribution in [1.82, 2.24) is 0 Å². The Hall–Kier alpha value is 0.330. The van der Waals surface area contributed by atoms with Gasteiger partial charge in [0.25, 0.3) is 0 Å². The van der Waals surface area contributed by atoms with Crippen LogP contribution < -0.4 is 2.81 Å². The molecule has 0 heterocycles. The molecule has 4 nitrogen and oxygen atoms in total. The second kappa shape index (κ2) is 6.03. The molecule has 1 aromatic carbocycles. The van der Waals surface area contributed by atoms with Gasteiger partial charge in [-0.25, -0.2) is 4.57 Å². The summed E-state index contributed by atoms with van der Waals surface area (Å²) < 4.78 is 10.4. The summed E-state index contributed by atoms with van der Waals surface area (Å²) in [4.78, 5) is 21.6. The van der Waals surface area contributed by atoms with Crippen LogP contribution in [0, 0.1) is 13.8 Å². The molecule has 1 rings (SSSR count). The Morgan fingerprint density at radius 2 is 1.36 bits per heavy atom. The van der Waals surface area contributed by atoms with Gasteiger partial charge in [-0.3, -0.25) is 0 Å². The van der Waals surface area contributed by atoms with Crippen molar-refractivity contribution in [2.75, 3.05) is 0 Å². The van der Waals surface area contributed by atoms with Crippen LogP contribution in [0.1, 0.15) is 11.1 Å². The fraction of sp³-hybridized carbons (Fsp3) is 0.250. The Labute approximate surface area is 101 Å². The summed E-state index contributed by atoms with van der Waals surface area (Å²) in [7, 11) is -4.64. The Bertz CT molecular complexity index is 288. The van der Waals surface area contributed by atoms with Crippen LogP contribution in [0.25, 0.3) is 0 Å². The molecule has 0 amide bonds. The standard InChI is InChI=1S/C8H9.Na.H3O4P/c1-7-4-3-5-8(2)6-7;;1-5(2,3)4/h4-6H,1-2H3;;(H3,1,2,3,4). The average molecular weight is 226 g/mol. The number of hydrogen-bond acceptors (Lipinski definition) is 1. The van der Waals surface area contributed by atoms with Crippen molar-refractivity contribution in [3.8, 4) is 0 Å². The monoisotopic (exact) mass is 226 g/mol. The van der Waals surface area contributed by atoms with Gasteiger partial charge < -0.3 is 14.7 Å². The Morgan fingerprint density at radius 3 is 1.57 bits per heavy atom. The maximum atomic E-state index is 8.88. The number of rotatable bonds is 0. The predicted octanol–water partition coefficient (Wildman–Crippen LogP) is 0.169. The summed E-state index contributed by atoms with van der Waals surface area (Å²) in [5.74, 6) is 0. The van der Waals surface area contributed by atoms with E-state index in [0.717, 1.165) is 0 Å². The molecule has 1 aromatic rings. The number of hydrogen-bond donors (Lipinski definition) is 3. The summed E-state index contributed by atoms with van der Waals surface area (Å²) in [5, 5.41) is 0. The van der Waals surface area contributed by atoms with Gasteiger partial charge in [-0.15, -0.1) is 0 Å². The van der Waals surface area contributed by atoms with E-state index in [9.17, 15) is 0 Å². The Morgan fingerprint density at radius 1 is 1.07 bits per heavy atom. The third kappa shape index (κ3) is 10.4. The number of aryl methyl sites for hydroxylation is 2. The van der Waals surface area contributed by atoms with Crippen molar-refractivity contribution < 1.29 is 19.2 Å². The molecule has 0 aliphatic carbocycles. The fourth-order valence-corrected chi connectivity index (χ4v) is 2.11. The van der Waals surface area contributed by atoms with Crippen LogP contribution in [0.3, 0.4) is 0 Å². The van der Waals surface area contributed by atoms with Gasteiger partial charge in [-0.2, -0.15) is 0 Å². The van der Waals surface area contributed by atoms with E-state index in [1.54, 1.807) is 0 Å². The first-order valence-corrected chi connectivity index (χ1v) is 6.58. The molecule has 6 heteroatoms. The molecule has 0 saturated carbocycles. The molecular formula is C8H12NaO4P. The minimum atomic E-state index is -4.64. The minimum Gasteiger partial charge on any atom is -0.303 e. The van der Waals surface area contributed by atoms with E-state index in [1.807, 2.05) is 0 Å². The van der Waals surface area contributed by atoms with E-state index < -0.39 is 7.82 Å². The topological polar surface area (TPSA) is 77.8 Å². The molecule has 0 aliphatic heterocycles. The molecule has 3 N–H and O–H groups in total. The van der Waals surface area contributed by atoms with E-state index >= 15 is 0 Å². The van der Waals surface area contributed by atoms with E-state index in [-0.39, 0.29) is 0 Å². The molecule has 0 spiro atoms. The van der Waals surface area contributed by atoms with Gasteiger partial charge in [0.1, 0.15) is 0 Å². The van der Waals surface area contributed by atoms with Crippen LogP contribution in [0.5, 0.6) is 0 Å². The molecule has 14 heavy (non-hydrogen) atoms. The van der Waals surface area contributed by atoms with E-state index in [1.165, 1.54) is 41.9 Å². The first-order chi connectivity index (χ1) is 6.18. The van der Waals surface area contributed by atoms with Gasteiger partial charge in [0, 0.05) is 0 Å². The van der Waals surface area contributed by atoms with E-state index in [2.05, 4.69) is 32.0 Å². The zero-order valence-corrected chi connectivity index (χ0v) is 11.3. The number of benzene rings is 1. The summed E-state index contributed by atoms with van der Waals surface area (Å²) in [6.07, 6.45) is 0. The smallest absolute Gasteiger partial charge is 0.303 e. The van der Waals surface area contributed by atoms with Crippen LogP contribution in [0.4, 0.5) is 0 Å². The molecule has 0 bridgehead atoms. The maximum absolute atomic E-state index is 8.88. The maximum Gasteiger partial charge on any atom is 0.466 e.